The number of hydrogen-bond acceptors (Lipinski definition) is 5. The van der Waals surface area contributed by atoms with Crippen LogP contribution in [0.2, 0.25) is 0 Å². The molecule has 0 aliphatic carbocycles. The number of sulfonamides is 1. The van der Waals surface area contributed by atoms with Crippen LogP contribution in [0.1, 0.15) is 15.9 Å². The normalized spacial score (nSPS) is 11.5. The number of fused-ring (bicyclic) bond motifs is 2. The highest BCUT2D eigenvalue weighted by Crippen LogP contribution is 2.28. The summed E-state index contributed by atoms with van der Waals surface area (Å²) in [5.41, 5.74) is 1.46. The molecule has 0 fully saturated rings. The lowest BCUT2D eigenvalue weighted by Crippen LogP contribution is -2.25. The zero-order chi connectivity index (χ0) is 26.0. The van der Waals surface area contributed by atoms with Crippen molar-refractivity contribution in [3.8, 4) is 11.5 Å². The minimum absolute atomic E-state index is 0.0763. The second-order valence-electron chi connectivity index (χ2n) is 8.69. The second-order valence-corrected chi connectivity index (χ2v) is 10.3. The smallest absolute Gasteiger partial charge is 0.262 e. The number of anilines is 1. The number of amides is 1. The number of rotatable bonds is 7. The first-order chi connectivity index (χ1) is 17.8. The van der Waals surface area contributed by atoms with Gasteiger partial charge in [0.15, 0.2) is 0 Å². The van der Waals surface area contributed by atoms with Crippen molar-refractivity contribution in [2.24, 2.45) is 0 Å². The molecule has 0 atom stereocenters. The predicted molar refractivity (Wildman–Crippen MR) is 145 cm³/mol. The Labute approximate surface area is 214 Å². The standard InChI is InChI=1S/C29H24N2O5S/c32-24-13-10-21-18-27(33)26(17-22(21)16-24)29(34)30-15-14-19-8-11-23(12-9-19)31-37(35,36)28-7-3-5-20-4-1-2-6-25(20)28/h1-13,16-18,31-33H,14-15H2,(H,30,34). The molecule has 0 heterocycles. The quantitative estimate of drug-likeness (QED) is 0.240. The van der Waals surface area contributed by atoms with Crippen molar-refractivity contribution in [1.29, 1.82) is 0 Å². The molecule has 4 N–H and O–H groups in total. The van der Waals surface area contributed by atoms with Crippen LogP contribution in [0.15, 0.2) is 102 Å². The molecule has 0 aliphatic rings. The van der Waals surface area contributed by atoms with Gasteiger partial charge in [0.2, 0.25) is 0 Å². The summed E-state index contributed by atoms with van der Waals surface area (Å²) in [7, 11) is -3.78. The average molecular weight is 513 g/mol. The predicted octanol–water partition coefficient (Wildman–Crippen LogP) is 5.18. The van der Waals surface area contributed by atoms with Crippen LogP contribution in [0, 0.1) is 0 Å². The van der Waals surface area contributed by atoms with Gasteiger partial charge in [0.1, 0.15) is 11.5 Å². The molecule has 0 saturated carbocycles. The average Bonchev–Trinajstić information content (AvgIpc) is 2.89. The Kier molecular flexibility index (Phi) is 6.42. The first kappa shape index (κ1) is 24.1. The lowest BCUT2D eigenvalue weighted by atomic mass is 10.0. The maximum Gasteiger partial charge on any atom is 0.262 e. The fourth-order valence-corrected chi connectivity index (χ4v) is 5.54. The van der Waals surface area contributed by atoms with Gasteiger partial charge in [-0.2, -0.15) is 0 Å². The Balaban J connectivity index is 1.22. The Bertz CT molecular complexity index is 1730. The number of benzene rings is 5. The molecule has 186 valence electrons. The molecule has 5 aromatic carbocycles. The van der Waals surface area contributed by atoms with Crippen molar-refractivity contribution in [2.75, 3.05) is 11.3 Å². The summed E-state index contributed by atoms with van der Waals surface area (Å²) in [4.78, 5) is 12.8. The molecule has 5 rings (SSSR count). The van der Waals surface area contributed by atoms with Crippen LogP contribution in [-0.2, 0) is 16.4 Å². The summed E-state index contributed by atoms with van der Waals surface area (Å²) >= 11 is 0. The van der Waals surface area contributed by atoms with E-state index >= 15 is 0 Å². The van der Waals surface area contributed by atoms with E-state index in [0.717, 1.165) is 10.9 Å². The van der Waals surface area contributed by atoms with Crippen molar-refractivity contribution in [1.82, 2.24) is 5.32 Å². The van der Waals surface area contributed by atoms with Crippen molar-refractivity contribution < 1.29 is 23.4 Å². The monoisotopic (exact) mass is 512 g/mol. The van der Waals surface area contributed by atoms with Crippen molar-refractivity contribution in [3.05, 3.63) is 108 Å². The van der Waals surface area contributed by atoms with Crippen molar-refractivity contribution in [2.45, 2.75) is 11.3 Å². The van der Waals surface area contributed by atoms with Gasteiger partial charge in [0.25, 0.3) is 15.9 Å². The van der Waals surface area contributed by atoms with E-state index < -0.39 is 15.9 Å². The molecule has 0 aromatic heterocycles. The van der Waals surface area contributed by atoms with Crippen molar-refractivity contribution in [3.63, 3.8) is 0 Å². The molecular formula is C29H24N2O5S. The maximum absolute atomic E-state index is 13.0. The summed E-state index contributed by atoms with van der Waals surface area (Å²) < 4.78 is 28.7. The van der Waals surface area contributed by atoms with E-state index in [1.807, 2.05) is 18.2 Å². The van der Waals surface area contributed by atoms with E-state index in [1.165, 1.54) is 24.3 Å². The van der Waals surface area contributed by atoms with E-state index in [9.17, 15) is 23.4 Å². The zero-order valence-corrected chi connectivity index (χ0v) is 20.5. The first-order valence-electron chi connectivity index (χ1n) is 11.6. The molecule has 0 radical (unpaired) electrons. The molecular weight excluding hydrogens is 488 g/mol. The van der Waals surface area contributed by atoms with E-state index in [1.54, 1.807) is 54.6 Å². The van der Waals surface area contributed by atoms with E-state index in [4.69, 9.17) is 0 Å². The fourth-order valence-electron chi connectivity index (χ4n) is 4.25. The molecule has 37 heavy (non-hydrogen) atoms. The van der Waals surface area contributed by atoms with Gasteiger partial charge < -0.3 is 15.5 Å². The van der Waals surface area contributed by atoms with E-state index in [-0.39, 0.29) is 22.0 Å². The van der Waals surface area contributed by atoms with Gasteiger partial charge in [-0.1, -0.05) is 54.6 Å². The zero-order valence-electron chi connectivity index (χ0n) is 19.7. The van der Waals surface area contributed by atoms with Gasteiger partial charge in [-0.05, 0) is 70.6 Å². The third-order valence-electron chi connectivity index (χ3n) is 6.13. The van der Waals surface area contributed by atoms with Gasteiger partial charge >= 0.3 is 0 Å². The Morgan fingerprint density at radius 1 is 0.757 bits per heavy atom. The van der Waals surface area contributed by atoms with Crippen molar-refractivity contribution >= 4 is 43.2 Å². The number of carbonyl (C=O) groups excluding carboxylic acids is 1. The first-order valence-corrected chi connectivity index (χ1v) is 13.1. The van der Waals surface area contributed by atoms with E-state index in [2.05, 4.69) is 10.0 Å². The largest absolute Gasteiger partial charge is 0.508 e. The third-order valence-corrected chi connectivity index (χ3v) is 7.57. The fraction of sp³-hybridized carbons (Fsp3) is 0.0690. The lowest BCUT2D eigenvalue weighted by Gasteiger charge is -2.12. The van der Waals surface area contributed by atoms with Gasteiger partial charge in [0.05, 0.1) is 10.5 Å². The summed E-state index contributed by atoms with van der Waals surface area (Å²) in [6.45, 7) is 0.317. The highest BCUT2D eigenvalue weighted by atomic mass is 32.2. The number of aromatic hydroxyl groups is 2. The Morgan fingerprint density at radius 3 is 2.32 bits per heavy atom. The van der Waals surface area contributed by atoms with Crippen LogP contribution in [0.4, 0.5) is 5.69 Å². The van der Waals surface area contributed by atoms with Gasteiger partial charge in [-0.3, -0.25) is 9.52 Å². The van der Waals surface area contributed by atoms with Crippen LogP contribution >= 0.6 is 0 Å². The molecule has 0 unspecified atom stereocenters. The SMILES string of the molecule is O=C(NCCc1ccc(NS(=O)(=O)c2cccc3ccccc23)cc1)c1cc2cc(O)ccc2cc1O. The highest BCUT2D eigenvalue weighted by Gasteiger charge is 2.17. The summed E-state index contributed by atoms with van der Waals surface area (Å²) in [6.07, 6.45) is 0.511. The Morgan fingerprint density at radius 2 is 1.51 bits per heavy atom. The summed E-state index contributed by atoms with van der Waals surface area (Å²) in [6, 6.07) is 27.2. The second kappa shape index (κ2) is 9.83. The topological polar surface area (TPSA) is 116 Å². The Hall–Kier alpha value is -4.56. The minimum atomic E-state index is -3.78. The highest BCUT2D eigenvalue weighted by molar-refractivity contribution is 7.93. The van der Waals surface area contributed by atoms with E-state index in [0.29, 0.717) is 34.8 Å². The minimum Gasteiger partial charge on any atom is -0.508 e. The summed E-state index contributed by atoms with van der Waals surface area (Å²) in [5.74, 6) is -0.492. The lowest BCUT2D eigenvalue weighted by molar-refractivity contribution is 0.0951. The van der Waals surface area contributed by atoms with Gasteiger partial charge in [-0.25, -0.2) is 8.42 Å². The molecule has 7 nitrogen and oxygen atoms in total. The number of phenolic OH excluding ortho intramolecular Hbond substituents is 2. The molecule has 0 bridgehead atoms. The van der Waals surface area contributed by atoms with Crippen LogP contribution in [0.25, 0.3) is 21.5 Å². The molecule has 5 aromatic rings. The third kappa shape index (κ3) is 5.19. The number of carbonyl (C=O) groups is 1. The molecule has 0 saturated heterocycles. The van der Waals surface area contributed by atoms with Crippen LogP contribution < -0.4 is 10.0 Å². The number of nitrogens with one attached hydrogen (secondary N) is 2. The van der Waals surface area contributed by atoms with Gasteiger partial charge in [-0.15, -0.1) is 0 Å². The van der Waals surface area contributed by atoms with Gasteiger partial charge in [0, 0.05) is 17.6 Å². The van der Waals surface area contributed by atoms with Crippen LogP contribution in [0.5, 0.6) is 11.5 Å². The van der Waals surface area contributed by atoms with Crippen LogP contribution in [0.3, 0.4) is 0 Å². The molecule has 8 heteroatoms. The number of phenols is 2. The number of hydrogen-bond donors (Lipinski definition) is 4. The van der Waals surface area contributed by atoms with Crippen LogP contribution in [-0.4, -0.2) is 31.1 Å². The summed E-state index contributed by atoms with van der Waals surface area (Å²) in [5, 5.41) is 25.6. The molecule has 1 amide bonds. The molecule has 0 spiro atoms. The maximum atomic E-state index is 13.0. The molecule has 0 aliphatic heterocycles.